The van der Waals surface area contributed by atoms with E-state index < -0.39 is 0 Å². The van der Waals surface area contributed by atoms with Crippen molar-refractivity contribution in [1.82, 2.24) is 14.6 Å². The van der Waals surface area contributed by atoms with Crippen molar-refractivity contribution >= 4 is 51.5 Å². The van der Waals surface area contributed by atoms with Crippen LogP contribution in [0.1, 0.15) is 6.92 Å². The number of anilines is 1. The standard InChI is InChI=1S/C19H15ClN4OS/c1-12(18(25)21-15-9-7-14(20)8-10-15)26-19-23-22-17-11-6-13-4-2-3-5-16(13)24(17)19/h2-12H,1H3,(H,21,25)/t12-/m0/s1. The normalized spacial score (nSPS) is 12.4. The number of halogens is 1. The number of pyridine rings is 1. The molecule has 130 valence electrons. The molecule has 0 radical (unpaired) electrons. The Morgan fingerprint density at radius 1 is 1.08 bits per heavy atom. The highest BCUT2D eigenvalue weighted by molar-refractivity contribution is 8.00. The maximum absolute atomic E-state index is 12.5. The lowest BCUT2D eigenvalue weighted by atomic mass is 10.2. The van der Waals surface area contributed by atoms with Crippen LogP contribution in [0.3, 0.4) is 0 Å². The number of rotatable bonds is 4. The minimum atomic E-state index is -0.336. The second-order valence-electron chi connectivity index (χ2n) is 5.82. The van der Waals surface area contributed by atoms with Gasteiger partial charge in [0.1, 0.15) is 0 Å². The lowest BCUT2D eigenvalue weighted by Crippen LogP contribution is -2.22. The first-order valence-electron chi connectivity index (χ1n) is 8.08. The van der Waals surface area contributed by atoms with E-state index in [4.69, 9.17) is 11.6 Å². The molecule has 5 nitrogen and oxygen atoms in total. The molecule has 4 aromatic rings. The zero-order valence-electron chi connectivity index (χ0n) is 13.9. The van der Waals surface area contributed by atoms with Gasteiger partial charge in [-0.15, -0.1) is 10.2 Å². The van der Waals surface area contributed by atoms with Crippen molar-refractivity contribution in [3.05, 3.63) is 65.7 Å². The summed E-state index contributed by atoms with van der Waals surface area (Å²) < 4.78 is 1.98. The Kier molecular flexibility index (Phi) is 4.53. The molecule has 1 amide bonds. The number of para-hydroxylation sites is 1. The zero-order chi connectivity index (χ0) is 18.1. The summed E-state index contributed by atoms with van der Waals surface area (Å²) in [6.07, 6.45) is 0. The van der Waals surface area contributed by atoms with Gasteiger partial charge in [0.15, 0.2) is 10.8 Å². The molecule has 0 aliphatic heterocycles. The van der Waals surface area contributed by atoms with Crippen LogP contribution >= 0.6 is 23.4 Å². The first-order valence-corrected chi connectivity index (χ1v) is 9.33. The van der Waals surface area contributed by atoms with E-state index in [1.165, 1.54) is 11.8 Å². The van der Waals surface area contributed by atoms with Crippen molar-refractivity contribution in [2.24, 2.45) is 0 Å². The van der Waals surface area contributed by atoms with E-state index in [9.17, 15) is 4.79 Å². The molecule has 0 saturated carbocycles. The number of nitrogens with zero attached hydrogens (tertiary/aromatic N) is 3. The fourth-order valence-electron chi connectivity index (χ4n) is 2.68. The van der Waals surface area contributed by atoms with Gasteiger partial charge in [-0.1, -0.05) is 41.6 Å². The van der Waals surface area contributed by atoms with Gasteiger partial charge in [0, 0.05) is 10.7 Å². The van der Waals surface area contributed by atoms with E-state index >= 15 is 0 Å². The van der Waals surface area contributed by atoms with Crippen molar-refractivity contribution in [1.29, 1.82) is 0 Å². The van der Waals surface area contributed by atoms with Gasteiger partial charge in [0.2, 0.25) is 5.91 Å². The maximum Gasteiger partial charge on any atom is 0.237 e. The smallest absolute Gasteiger partial charge is 0.237 e. The number of benzene rings is 2. The van der Waals surface area contributed by atoms with Crippen LogP contribution in [0, 0.1) is 0 Å². The van der Waals surface area contributed by atoms with Crippen LogP contribution in [0.5, 0.6) is 0 Å². The Bertz CT molecular complexity index is 1090. The Morgan fingerprint density at radius 3 is 2.65 bits per heavy atom. The topological polar surface area (TPSA) is 59.3 Å². The van der Waals surface area contributed by atoms with Crippen LogP contribution in [0.4, 0.5) is 5.69 Å². The molecule has 2 heterocycles. The average molecular weight is 383 g/mol. The number of carbonyl (C=O) groups excluding carboxylic acids is 1. The minimum absolute atomic E-state index is 0.102. The molecule has 2 aromatic carbocycles. The summed E-state index contributed by atoms with van der Waals surface area (Å²) >= 11 is 7.25. The van der Waals surface area contributed by atoms with Gasteiger partial charge < -0.3 is 5.32 Å². The SMILES string of the molecule is C[C@H](Sc1nnc2ccc3ccccc3n12)C(=O)Nc1ccc(Cl)cc1. The van der Waals surface area contributed by atoms with Crippen molar-refractivity contribution in [2.75, 3.05) is 5.32 Å². The lowest BCUT2D eigenvalue weighted by molar-refractivity contribution is -0.115. The Hall–Kier alpha value is -2.57. The molecule has 2 aromatic heterocycles. The van der Waals surface area contributed by atoms with Crippen molar-refractivity contribution in [3.63, 3.8) is 0 Å². The summed E-state index contributed by atoms with van der Waals surface area (Å²) in [5.41, 5.74) is 2.49. The summed E-state index contributed by atoms with van der Waals surface area (Å²) in [6, 6.07) is 19.0. The first-order chi connectivity index (χ1) is 12.6. The van der Waals surface area contributed by atoms with Crippen LogP contribution in [0.2, 0.25) is 5.02 Å². The summed E-state index contributed by atoms with van der Waals surface area (Å²) in [7, 11) is 0. The van der Waals surface area contributed by atoms with Gasteiger partial charge in [-0.25, -0.2) is 0 Å². The molecule has 26 heavy (non-hydrogen) atoms. The molecule has 7 heteroatoms. The molecular weight excluding hydrogens is 368 g/mol. The second kappa shape index (κ2) is 6.97. The molecule has 0 fully saturated rings. The number of nitrogens with one attached hydrogen (secondary N) is 1. The van der Waals surface area contributed by atoms with Crippen LogP contribution in [0.25, 0.3) is 16.6 Å². The average Bonchev–Trinajstić information content (AvgIpc) is 3.07. The van der Waals surface area contributed by atoms with Gasteiger partial charge in [0.05, 0.1) is 10.8 Å². The largest absolute Gasteiger partial charge is 0.325 e. The van der Waals surface area contributed by atoms with Crippen LogP contribution in [-0.2, 0) is 4.79 Å². The van der Waals surface area contributed by atoms with Gasteiger partial charge in [-0.05, 0) is 54.8 Å². The van der Waals surface area contributed by atoms with Gasteiger partial charge in [0.25, 0.3) is 0 Å². The Labute approximate surface area is 159 Å². The fraction of sp³-hybridized carbons (Fsp3) is 0.105. The van der Waals surface area contributed by atoms with Crippen LogP contribution < -0.4 is 5.32 Å². The highest BCUT2D eigenvalue weighted by atomic mass is 35.5. The number of hydrogen-bond donors (Lipinski definition) is 1. The summed E-state index contributed by atoms with van der Waals surface area (Å²) in [4.78, 5) is 12.5. The number of fused-ring (bicyclic) bond motifs is 3. The zero-order valence-corrected chi connectivity index (χ0v) is 15.5. The molecule has 0 unspecified atom stereocenters. The third kappa shape index (κ3) is 3.25. The Morgan fingerprint density at radius 2 is 1.85 bits per heavy atom. The highest BCUT2D eigenvalue weighted by Gasteiger charge is 2.19. The lowest BCUT2D eigenvalue weighted by Gasteiger charge is -2.11. The van der Waals surface area contributed by atoms with Crippen molar-refractivity contribution in [2.45, 2.75) is 17.3 Å². The third-order valence-electron chi connectivity index (χ3n) is 4.01. The van der Waals surface area contributed by atoms with Crippen molar-refractivity contribution in [3.8, 4) is 0 Å². The quantitative estimate of drug-likeness (QED) is 0.522. The number of aromatic nitrogens is 3. The molecule has 0 saturated heterocycles. The predicted molar refractivity (Wildman–Crippen MR) is 106 cm³/mol. The highest BCUT2D eigenvalue weighted by Crippen LogP contribution is 2.26. The van der Waals surface area contributed by atoms with E-state index in [-0.39, 0.29) is 11.2 Å². The van der Waals surface area contributed by atoms with E-state index in [0.717, 1.165) is 16.6 Å². The number of carbonyl (C=O) groups is 1. The molecule has 0 aliphatic rings. The Balaban J connectivity index is 1.59. The van der Waals surface area contributed by atoms with Gasteiger partial charge >= 0.3 is 0 Å². The molecule has 0 bridgehead atoms. The van der Waals surface area contributed by atoms with E-state index in [1.807, 2.05) is 47.7 Å². The molecule has 4 rings (SSSR count). The molecule has 1 N–H and O–H groups in total. The van der Waals surface area contributed by atoms with Crippen molar-refractivity contribution < 1.29 is 4.79 Å². The predicted octanol–water partition coefficient (Wildman–Crippen LogP) is 4.66. The molecule has 1 atom stereocenters. The monoisotopic (exact) mass is 382 g/mol. The second-order valence-corrected chi connectivity index (χ2v) is 7.57. The van der Waals surface area contributed by atoms with E-state index in [1.54, 1.807) is 24.3 Å². The first kappa shape index (κ1) is 16.9. The molecule has 0 spiro atoms. The molecular formula is C19H15ClN4OS. The summed E-state index contributed by atoms with van der Waals surface area (Å²) in [6.45, 7) is 1.85. The van der Waals surface area contributed by atoms with Gasteiger partial charge in [-0.2, -0.15) is 0 Å². The third-order valence-corrected chi connectivity index (χ3v) is 5.31. The summed E-state index contributed by atoms with van der Waals surface area (Å²) in [5, 5.41) is 13.5. The number of amides is 1. The number of thioether (sulfide) groups is 1. The van der Waals surface area contributed by atoms with Crippen LogP contribution in [-0.4, -0.2) is 25.8 Å². The maximum atomic E-state index is 12.5. The summed E-state index contributed by atoms with van der Waals surface area (Å²) in [5.74, 6) is -0.102. The van der Waals surface area contributed by atoms with Gasteiger partial charge in [-0.3, -0.25) is 9.20 Å². The minimum Gasteiger partial charge on any atom is -0.325 e. The van der Waals surface area contributed by atoms with E-state index in [0.29, 0.717) is 15.9 Å². The number of hydrogen-bond acceptors (Lipinski definition) is 4. The fourth-order valence-corrected chi connectivity index (χ4v) is 3.67. The van der Waals surface area contributed by atoms with Crippen LogP contribution in [0.15, 0.2) is 65.8 Å². The van der Waals surface area contributed by atoms with E-state index in [2.05, 4.69) is 15.5 Å². The molecule has 0 aliphatic carbocycles.